The molecule has 0 saturated heterocycles. The number of imidazole rings is 1. The molecule has 0 amide bonds. The lowest BCUT2D eigenvalue weighted by Gasteiger charge is -2.00. The molecule has 20 heavy (non-hydrogen) atoms. The Morgan fingerprint density at radius 3 is 2.60 bits per heavy atom. The molecule has 0 saturated carbocycles. The number of nitrogens with zero attached hydrogens (tertiary/aromatic N) is 1. The van der Waals surface area contributed by atoms with Gasteiger partial charge in [0.15, 0.2) is 0 Å². The van der Waals surface area contributed by atoms with Gasteiger partial charge in [0.1, 0.15) is 5.82 Å². The molecule has 0 spiro atoms. The highest BCUT2D eigenvalue weighted by molar-refractivity contribution is 5.78. The van der Waals surface area contributed by atoms with E-state index in [1.807, 2.05) is 18.2 Å². The second-order valence-corrected chi connectivity index (χ2v) is 5.15. The van der Waals surface area contributed by atoms with E-state index in [9.17, 15) is 0 Å². The molecule has 0 aliphatic heterocycles. The van der Waals surface area contributed by atoms with Gasteiger partial charge in [-0.1, -0.05) is 30.3 Å². The minimum Gasteiger partial charge on any atom is -0.399 e. The Balaban J connectivity index is 1.55. The Hall–Kier alpha value is -2.29. The third kappa shape index (κ3) is 2.99. The number of unbranched alkanes of at least 4 members (excludes halogenated alkanes) is 1. The van der Waals surface area contributed by atoms with E-state index in [1.54, 1.807) is 0 Å². The lowest BCUT2D eigenvalue weighted by molar-refractivity contribution is 0.715. The van der Waals surface area contributed by atoms with Crippen LogP contribution in [0.4, 0.5) is 5.69 Å². The van der Waals surface area contributed by atoms with Crippen molar-refractivity contribution < 1.29 is 0 Å². The molecule has 3 nitrogen and oxygen atoms in total. The molecule has 0 radical (unpaired) electrons. The first-order valence-electron chi connectivity index (χ1n) is 7.09. The van der Waals surface area contributed by atoms with Crippen molar-refractivity contribution in [2.24, 2.45) is 0 Å². The van der Waals surface area contributed by atoms with Gasteiger partial charge >= 0.3 is 0 Å². The van der Waals surface area contributed by atoms with Crippen LogP contribution in [0.5, 0.6) is 0 Å². The highest BCUT2D eigenvalue weighted by atomic mass is 14.9. The predicted molar refractivity (Wildman–Crippen MR) is 83.6 cm³/mol. The lowest BCUT2D eigenvalue weighted by atomic mass is 10.1. The van der Waals surface area contributed by atoms with Crippen LogP contribution in [-0.2, 0) is 12.8 Å². The summed E-state index contributed by atoms with van der Waals surface area (Å²) in [5.74, 6) is 1.05. The summed E-state index contributed by atoms with van der Waals surface area (Å²) in [5.41, 5.74) is 9.98. The van der Waals surface area contributed by atoms with E-state index in [2.05, 4.69) is 40.3 Å². The molecule has 3 aromatic rings. The van der Waals surface area contributed by atoms with E-state index in [-0.39, 0.29) is 0 Å². The number of fused-ring (bicyclic) bond motifs is 1. The molecule has 0 aliphatic rings. The van der Waals surface area contributed by atoms with Crippen molar-refractivity contribution in [3.05, 3.63) is 59.9 Å². The van der Waals surface area contributed by atoms with Gasteiger partial charge in [0.2, 0.25) is 0 Å². The van der Waals surface area contributed by atoms with Crippen molar-refractivity contribution in [2.75, 3.05) is 5.73 Å². The Labute approximate surface area is 118 Å². The van der Waals surface area contributed by atoms with Crippen molar-refractivity contribution in [1.29, 1.82) is 0 Å². The SMILES string of the molecule is Nc1ccc2nc(CCCCc3ccccc3)[nH]c2c1. The number of aryl methyl sites for hydroxylation is 2. The number of benzene rings is 2. The van der Waals surface area contributed by atoms with Gasteiger partial charge in [-0.15, -0.1) is 0 Å². The fraction of sp³-hybridized carbons (Fsp3) is 0.235. The van der Waals surface area contributed by atoms with Crippen LogP contribution in [0, 0.1) is 0 Å². The summed E-state index contributed by atoms with van der Waals surface area (Å²) < 4.78 is 0. The minimum absolute atomic E-state index is 0.775. The zero-order chi connectivity index (χ0) is 13.8. The number of hydrogen-bond donors (Lipinski definition) is 2. The zero-order valence-electron chi connectivity index (χ0n) is 11.5. The Morgan fingerprint density at radius 2 is 1.75 bits per heavy atom. The van der Waals surface area contributed by atoms with Gasteiger partial charge in [0, 0.05) is 12.1 Å². The van der Waals surface area contributed by atoms with Crippen LogP contribution in [0.3, 0.4) is 0 Å². The average molecular weight is 265 g/mol. The molecule has 0 atom stereocenters. The summed E-state index contributed by atoms with van der Waals surface area (Å²) in [5, 5.41) is 0. The highest BCUT2D eigenvalue weighted by Crippen LogP contribution is 2.16. The number of rotatable bonds is 5. The first-order valence-corrected chi connectivity index (χ1v) is 7.09. The molecular weight excluding hydrogens is 246 g/mol. The summed E-state index contributed by atoms with van der Waals surface area (Å²) in [7, 11) is 0. The first kappa shape index (κ1) is 12.7. The molecular formula is C17H19N3. The summed E-state index contributed by atoms with van der Waals surface area (Å²) in [6.07, 6.45) is 4.45. The van der Waals surface area contributed by atoms with Crippen molar-refractivity contribution in [3.63, 3.8) is 0 Å². The van der Waals surface area contributed by atoms with E-state index in [1.165, 1.54) is 12.0 Å². The Kier molecular flexibility index (Phi) is 3.68. The monoisotopic (exact) mass is 265 g/mol. The van der Waals surface area contributed by atoms with Crippen LogP contribution in [0.15, 0.2) is 48.5 Å². The molecule has 2 aromatic carbocycles. The van der Waals surface area contributed by atoms with Crippen LogP contribution in [0.2, 0.25) is 0 Å². The van der Waals surface area contributed by atoms with Gasteiger partial charge in [-0.05, 0) is 43.0 Å². The topological polar surface area (TPSA) is 54.7 Å². The maximum absolute atomic E-state index is 5.77. The van der Waals surface area contributed by atoms with E-state index in [0.717, 1.165) is 41.8 Å². The molecule has 102 valence electrons. The number of aromatic amines is 1. The van der Waals surface area contributed by atoms with E-state index in [0.29, 0.717) is 0 Å². The van der Waals surface area contributed by atoms with Gasteiger partial charge in [-0.25, -0.2) is 4.98 Å². The number of anilines is 1. The minimum atomic E-state index is 0.775. The standard InChI is InChI=1S/C17H19N3/c18-14-10-11-15-16(12-14)20-17(19-15)9-5-4-8-13-6-2-1-3-7-13/h1-3,6-7,10-12H,4-5,8-9,18H2,(H,19,20). The molecule has 0 aliphatic carbocycles. The fourth-order valence-corrected chi connectivity index (χ4v) is 2.46. The van der Waals surface area contributed by atoms with Gasteiger partial charge in [-0.2, -0.15) is 0 Å². The van der Waals surface area contributed by atoms with Gasteiger partial charge < -0.3 is 10.7 Å². The maximum Gasteiger partial charge on any atom is 0.107 e. The molecule has 1 heterocycles. The largest absolute Gasteiger partial charge is 0.399 e. The van der Waals surface area contributed by atoms with Crippen molar-refractivity contribution in [2.45, 2.75) is 25.7 Å². The summed E-state index contributed by atoms with van der Waals surface area (Å²) in [4.78, 5) is 7.93. The van der Waals surface area contributed by atoms with Crippen molar-refractivity contribution in [1.82, 2.24) is 9.97 Å². The van der Waals surface area contributed by atoms with Crippen molar-refractivity contribution >= 4 is 16.7 Å². The normalized spacial score (nSPS) is 11.0. The molecule has 0 bridgehead atoms. The van der Waals surface area contributed by atoms with Gasteiger partial charge in [0.05, 0.1) is 11.0 Å². The number of H-pyrrole nitrogens is 1. The molecule has 0 unspecified atom stereocenters. The predicted octanol–water partition coefficient (Wildman–Crippen LogP) is 3.71. The second-order valence-electron chi connectivity index (χ2n) is 5.15. The Morgan fingerprint density at radius 1 is 0.950 bits per heavy atom. The van der Waals surface area contributed by atoms with Crippen LogP contribution < -0.4 is 5.73 Å². The Bertz CT molecular complexity index is 686. The highest BCUT2D eigenvalue weighted by Gasteiger charge is 2.03. The number of nitrogen functional groups attached to an aromatic ring is 1. The van der Waals surface area contributed by atoms with E-state index < -0.39 is 0 Å². The number of hydrogen-bond acceptors (Lipinski definition) is 2. The zero-order valence-corrected chi connectivity index (χ0v) is 11.5. The molecule has 1 aromatic heterocycles. The second kappa shape index (κ2) is 5.78. The number of nitrogens with two attached hydrogens (primary N) is 1. The summed E-state index contributed by atoms with van der Waals surface area (Å²) in [6.45, 7) is 0. The smallest absolute Gasteiger partial charge is 0.107 e. The third-order valence-electron chi connectivity index (χ3n) is 3.53. The third-order valence-corrected chi connectivity index (χ3v) is 3.53. The maximum atomic E-state index is 5.77. The molecule has 3 N–H and O–H groups in total. The fourth-order valence-electron chi connectivity index (χ4n) is 2.46. The van der Waals surface area contributed by atoms with Crippen LogP contribution >= 0.6 is 0 Å². The average Bonchev–Trinajstić information content (AvgIpc) is 2.86. The van der Waals surface area contributed by atoms with Crippen LogP contribution in [0.1, 0.15) is 24.2 Å². The summed E-state index contributed by atoms with van der Waals surface area (Å²) >= 11 is 0. The van der Waals surface area contributed by atoms with Gasteiger partial charge in [0.25, 0.3) is 0 Å². The number of nitrogens with one attached hydrogen (secondary N) is 1. The van der Waals surface area contributed by atoms with E-state index in [4.69, 9.17) is 5.73 Å². The van der Waals surface area contributed by atoms with Crippen LogP contribution in [0.25, 0.3) is 11.0 Å². The number of aromatic nitrogens is 2. The quantitative estimate of drug-likeness (QED) is 0.546. The first-order chi connectivity index (χ1) is 9.81. The summed E-state index contributed by atoms with van der Waals surface area (Å²) in [6, 6.07) is 16.4. The van der Waals surface area contributed by atoms with Crippen molar-refractivity contribution in [3.8, 4) is 0 Å². The van der Waals surface area contributed by atoms with Crippen LogP contribution in [-0.4, -0.2) is 9.97 Å². The molecule has 0 fully saturated rings. The van der Waals surface area contributed by atoms with Gasteiger partial charge in [-0.3, -0.25) is 0 Å². The lowest BCUT2D eigenvalue weighted by Crippen LogP contribution is -1.91. The molecule has 3 rings (SSSR count). The molecule has 3 heteroatoms. The van der Waals surface area contributed by atoms with E-state index >= 15 is 0 Å².